The molecule has 0 fully saturated rings. The third kappa shape index (κ3) is 1.70. The van der Waals surface area contributed by atoms with Crippen LogP contribution in [-0.4, -0.2) is 18.1 Å². The molecule has 0 unspecified atom stereocenters. The minimum absolute atomic E-state index is 0.495. The highest BCUT2D eigenvalue weighted by Gasteiger charge is 2.05. The summed E-state index contributed by atoms with van der Waals surface area (Å²) in [6, 6.07) is 6.52. The maximum absolute atomic E-state index is 10.7. The molecule has 0 radical (unpaired) electrons. The summed E-state index contributed by atoms with van der Waals surface area (Å²) in [7, 11) is 1.39. The van der Waals surface area contributed by atoms with Crippen LogP contribution in [0.25, 0.3) is 0 Å². The van der Waals surface area contributed by atoms with Crippen molar-refractivity contribution in [1.29, 1.82) is 0 Å². The van der Waals surface area contributed by atoms with Gasteiger partial charge in [0.25, 0.3) is 5.69 Å². The zero-order valence-corrected chi connectivity index (χ0v) is 6.15. The SMILES string of the molecule is C[N+](=O)c1cccc(C=O)c1. The Hall–Kier alpha value is -1.51. The fourth-order valence-corrected chi connectivity index (χ4v) is 0.794. The van der Waals surface area contributed by atoms with Gasteiger partial charge in [-0.05, 0) is 0 Å². The summed E-state index contributed by atoms with van der Waals surface area (Å²) in [6.45, 7) is 0. The van der Waals surface area contributed by atoms with Gasteiger partial charge in [-0.1, -0.05) is 12.1 Å². The minimum atomic E-state index is 0.495. The van der Waals surface area contributed by atoms with E-state index in [2.05, 4.69) is 0 Å². The van der Waals surface area contributed by atoms with Crippen LogP contribution in [0, 0.1) is 4.91 Å². The minimum Gasteiger partial charge on any atom is -0.298 e. The van der Waals surface area contributed by atoms with Gasteiger partial charge in [0.1, 0.15) is 6.29 Å². The molecule has 0 spiro atoms. The smallest absolute Gasteiger partial charge is 0.256 e. The molecule has 0 N–H and O–H groups in total. The Morgan fingerprint density at radius 2 is 2.18 bits per heavy atom. The number of nitroso groups, excluding NO2 is 1. The number of nitrogens with zero attached hydrogens (tertiary/aromatic N) is 1. The van der Waals surface area contributed by atoms with E-state index in [9.17, 15) is 9.70 Å². The van der Waals surface area contributed by atoms with Crippen LogP contribution in [0.1, 0.15) is 10.4 Å². The van der Waals surface area contributed by atoms with Crippen LogP contribution < -0.4 is 0 Å². The van der Waals surface area contributed by atoms with Gasteiger partial charge in [0.2, 0.25) is 0 Å². The van der Waals surface area contributed by atoms with Crippen molar-refractivity contribution in [3.05, 3.63) is 34.7 Å². The Morgan fingerprint density at radius 1 is 1.45 bits per heavy atom. The number of hydrogen-bond acceptors (Lipinski definition) is 2. The predicted octanol–water partition coefficient (Wildman–Crippen LogP) is 1.54. The van der Waals surface area contributed by atoms with Gasteiger partial charge in [-0.3, -0.25) is 4.79 Å². The van der Waals surface area contributed by atoms with Crippen LogP contribution in [-0.2, 0) is 0 Å². The summed E-state index contributed by atoms with van der Waals surface area (Å²) < 4.78 is 0.715. The Morgan fingerprint density at radius 3 is 2.73 bits per heavy atom. The standard InChI is InChI=1S/C8H8NO2/c1-9(11)8-4-2-3-7(5-8)6-10/h2-6H,1H3/q+1. The second kappa shape index (κ2) is 3.05. The number of aldehydes is 1. The van der Waals surface area contributed by atoms with Gasteiger partial charge < -0.3 is 0 Å². The predicted molar refractivity (Wildman–Crippen MR) is 41.0 cm³/mol. The number of carbonyl (C=O) groups is 1. The van der Waals surface area contributed by atoms with E-state index in [-0.39, 0.29) is 0 Å². The van der Waals surface area contributed by atoms with E-state index in [1.54, 1.807) is 24.3 Å². The largest absolute Gasteiger partial charge is 0.298 e. The van der Waals surface area contributed by atoms with Crippen LogP contribution >= 0.6 is 0 Å². The van der Waals surface area contributed by atoms with E-state index in [0.717, 1.165) is 0 Å². The van der Waals surface area contributed by atoms with Crippen molar-refractivity contribution in [2.75, 3.05) is 7.05 Å². The first-order chi connectivity index (χ1) is 5.24. The molecule has 0 aromatic heterocycles. The van der Waals surface area contributed by atoms with Gasteiger partial charge >= 0.3 is 0 Å². The molecule has 0 saturated heterocycles. The average molecular weight is 150 g/mol. The molecule has 0 bridgehead atoms. The summed E-state index contributed by atoms with van der Waals surface area (Å²) in [5.74, 6) is 0. The lowest BCUT2D eigenvalue weighted by atomic mass is 10.2. The van der Waals surface area contributed by atoms with Crippen molar-refractivity contribution in [2.45, 2.75) is 0 Å². The first-order valence-corrected chi connectivity index (χ1v) is 3.20. The normalized spacial score (nSPS) is 9.18. The van der Waals surface area contributed by atoms with Crippen molar-refractivity contribution in [1.82, 2.24) is 0 Å². The van der Waals surface area contributed by atoms with Crippen molar-refractivity contribution in [3.63, 3.8) is 0 Å². The average Bonchev–Trinajstić information content (AvgIpc) is 2.05. The highest BCUT2D eigenvalue weighted by atomic mass is 16.3. The molecule has 11 heavy (non-hydrogen) atoms. The Balaban J connectivity index is 3.10. The van der Waals surface area contributed by atoms with Gasteiger partial charge in [0.15, 0.2) is 7.05 Å². The molecule has 1 aromatic rings. The second-order valence-electron chi connectivity index (χ2n) is 2.21. The van der Waals surface area contributed by atoms with Gasteiger partial charge in [-0.15, -0.1) is 0 Å². The highest BCUT2D eigenvalue weighted by molar-refractivity contribution is 5.75. The fraction of sp³-hybridized carbons (Fsp3) is 0.125. The van der Waals surface area contributed by atoms with Crippen molar-refractivity contribution in [3.8, 4) is 0 Å². The van der Waals surface area contributed by atoms with Gasteiger partial charge in [0, 0.05) is 27.4 Å². The first-order valence-electron chi connectivity index (χ1n) is 3.20. The lowest BCUT2D eigenvalue weighted by Crippen LogP contribution is -1.91. The van der Waals surface area contributed by atoms with Crippen molar-refractivity contribution < 1.29 is 9.55 Å². The molecule has 3 nitrogen and oxygen atoms in total. The number of benzene rings is 1. The maximum atomic E-state index is 10.7. The molecule has 1 rings (SSSR count). The quantitative estimate of drug-likeness (QED) is 0.473. The van der Waals surface area contributed by atoms with Crippen molar-refractivity contribution in [2.24, 2.45) is 0 Å². The van der Waals surface area contributed by atoms with E-state index in [1.807, 2.05) is 0 Å². The first kappa shape index (κ1) is 7.60. The molecule has 0 amide bonds. The van der Waals surface area contributed by atoms with E-state index < -0.39 is 0 Å². The van der Waals surface area contributed by atoms with Crippen LogP contribution in [0.3, 0.4) is 0 Å². The molecule has 56 valence electrons. The third-order valence-electron chi connectivity index (χ3n) is 1.37. The van der Waals surface area contributed by atoms with Gasteiger partial charge in [-0.2, -0.15) is 0 Å². The summed E-state index contributed by atoms with van der Waals surface area (Å²) in [4.78, 5) is 21.0. The topological polar surface area (TPSA) is 37.1 Å². The van der Waals surface area contributed by atoms with Crippen LogP contribution in [0.15, 0.2) is 24.3 Å². The monoisotopic (exact) mass is 150 g/mol. The van der Waals surface area contributed by atoms with E-state index in [1.165, 1.54) is 7.05 Å². The third-order valence-corrected chi connectivity index (χ3v) is 1.37. The Bertz CT molecular complexity index is 294. The molecule has 0 aliphatic rings. The number of rotatable bonds is 2. The molecule has 3 heteroatoms. The molecular weight excluding hydrogens is 142 g/mol. The zero-order chi connectivity index (χ0) is 8.27. The van der Waals surface area contributed by atoms with E-state index >= 15 is 0 Å². The summed E-state index contributed by atoms with van der Waals surface area (Å²) in [5.41, 5.74) is 1.01. The maximum Gasteiger partial charge on any atom is 0.256 e. The molecule has 0 saturated carbocycles. The molecule has 0 aliphatic heterocycles. The second-order valence-corrected chi connectivity index (χ2v) is 2.21. The molecular formula is C8H8NO2+. The van der Waals surface area contributed by atoms with Crippen LogP contribution in [0.5, 0.6) is 0 Å². The molecule has 0 heterocycles. The lowest BCUT2D eigenvalue weighted by molar-refractivity contribution is -0.428. The summed E-state index contributed by atoms with van der Waals surface area (Å²) >= 11 is 0. The fourth-order valence-electron chi connectivity index (χ4n) is 0.794. The van der Waals surface area contributed by atoms with Crippen LogP contribution in [0.2, 0.25) is 0 Å². The zero-order valence-electron chi connectivity index (χ0n) is 6.15. The lowest BCUT2D eigenvalue weighted by Gasteiger charge is -1.88. The summed E-state index contributed by atoms with van der Waals surface area (Å²) in [5, 5.41) is 0. The number of hydrogen-bond donors (Lipinski definition) is 0. The number of carbonyl (C=O) groups excluding carboxylic acids is 1. The van der Waals surface area contributed by atoms with Crippen LogP contribution in [0.4, 0.5) is 5.69 Å². The van der Waals surface area contributed by atoms with Crippen molar-refractivity contribution >= 4 is 12.0 Å². The summed E-state index contributed by atoms with van der Waals surface area (Å²) in [6.07, 6.45) is 0.715. The highest BCUT2D eigenvalue weighted by Crippen LogP contribution is 2.10. The van der Waals surface area contributed by atoms with E-state index in [4.69, 9.17) is 0 Å². The molecule has 0 aliphatic carbocycles. The van der Waals surface area contributed by atoms with E-state index in [0.29, 0.717) is 22.3 Å². The molecule has 1 aromatic carbocycles. The Kier molecular flexibility index (Phi) is 2.11. The van der Waals surface area contributed by atoms with Gasteiger partial charge in [-0.25, -0.2) is 0 Å². The molecule has 0 atom stereocenters. The Labute approximate surface area is 64.2 Å². The van der Waals surface area contributed by atoms with Gasteiger partial charge in [0.05, 0.1) is 0 Å².